The predicted molar refractivity (Wildman–Crippen MR) is 164 cm³/mol. The molecule has 5 rings (SSSR count). The maximum atomic E-state index is 14.5. The van der Waals surface area contributed by atoms with E-state index < -0.39 is 11.4 Å². The average Bonchev–Trinajstić information content (AvgIpc) is 3.22. The number of thioether (sulfide) groups is 2. The highest BCUT2D eigenvalue weighted by Crippen LogP contribution is 2.42. The molecule has 0 unspecified atom stereocenters. The van der Waals surface area contributed by atoms with E-state index >= 15 is 0 Å². The van der Waals surface area contributed by atoms with Crippen molar-refractivity contribution in [3.63, 3.8) is 0 Å². The fourth-order valence-corrected chi connectivity index (χ4v) is 5.20. The van der Waals surface area contributed by atoms with Crippen molar-refractivity contribution < 1.29 is 23.1 Å². The summed E-state index contributed by atoms with van der Waals surface area (Å²) < 4.78 is 34.1. The number of Topliss-reactive ketones (excluding diaryl/α,β-unsaturated/α-hetero) is 2. The highest BCUT2D eigenvalue weighted by Gasteiger charge is 2.43. The van der Waals surface area contributed by atoms with Crippen LogP contribution in [0.4, 0.5) is 8.78 Å². The first kappa shape index (κ1) is 30.3. The predicted octanol–water partition coefficient (Wildman–Crippen LogP) is 8.77. The number of hydrogen-bond donors (Lipinski definition) is 0. The molecule has 4 aromatic carbocycles. The molecule has 1 aliphatic heterocycles. The van der Waals surface area contributed by atoms with Gasteiger partial charge in [0.2, 0.25) is 5.78 Å². The molecule has 0 N–H and O–H groups in total. The minimum absolute atomic E-state index is 0.132. The number of hydrogen-bond acceptors (Lipinski definition) is 5. The third-order valence-electron chi connectivity index (χ3n) is 6.53. The zero-order chi connectivity index (χ0) is 29.6. The molecule has 1 heterocycles. The summed E-state index contributed by atoms with van der Waals surface area (Å²) >= 11 is 2.92. The summed E-state index contributed by atoms with van der Waals surface area (Å²) in [5, 5.41) is 0. The van der Waals surface area contributed by atoms with E-state index in [-0.39, 0.29) is 29.4 Å². The second kappa shape index (κ2) is 13.3. The van der Waals surface area contributed by atoms with Gasteiger partial charge in [-0.15, -0.1) is 23.5 Å². The lowest BCUT2D eigenvalue weighted by atomic mass is 9.92. The molecule has 210 valence electrons. The molecule has 0 bridgehead atoms. The van der Waals surface area contributed by atoms with Crippen molar-refractivity contribution in [2.24, 2.45) is 0 Å². The van der Waals surface area contributed by atoms with E-state index in [1.807, 2.05) is 79.2 Å². The van der Waals surface area contributed by atoms with Crippen LogP contribution in [0.2, 0.25) is 0 Å². The highest BCUT2D eigenvalue weighted by molar-refractivity contribution is 7.98. The third kappa shape index (κ3) is 7.16. The molecule has 0 radical (unpaired) electrons. The lowest BCUT2D eigenvalue weighted by molar-refractivity contribution is -0.125. The van der Waals surface area contributed by atoms with E-state index in [0.29, 0.717) is 16.9 Å². The minimum atomic E-state index is -0.995. The van der Waals surface area contributed by atoms with Gasteiger partial charge in [0, 0.05) is 16.2 Å². The first-order chi connectivity index (χ1) is 19.6. The third-order valence-corrected chi connectivity index (χ3v) is 7.98. The Morgan fingerprint density at radius 1 is 0.780 bits per heavy atom. The van der Waals surface area contributed by atoms with Crippen molar-refractivity contribution in [1.82, 2.24) is 0 Å². The summed E-state index contributed by atoms with van der Waals surface area (Å²) in [7, 11) is 0. The molecular formula is C34H30F2O3S2. The van der Waals surface area contributed by atoms with Crippen LogP contribution in [0, 0.1) is 11.6 Å². The summed E-state index contributed by atoms with van der Waals surface area (Å²) in [6, 6.07) is 28.3. The number of rotatable bonds is 7. The molecule has 0 saturated heterocycles. The SMILES string of the molecule is CSc1ccc(C(=O)Cc2ccccc2)c(F)c1.CSc1ccc(C2=C(c3ccccc3)C(=O)C(C)(C)O2)c(F)c1. The van der Waals surface area contributed by atoms with Crippen molar-refractivity contribution in [3.8, 4) is 0 Å². The van der Waals surface area contributed by atoms with Gasteiger partial charge in [-0.3, -0.25) is 9.59 Å². The van der Waals surface area contributed by atoms with E-state index in [0.717, 1.165) is 20.9 Å². The smallest absolute Gasteiger partial charge is 0.210 e. The van der Waals surface area contributed by atoms with Crippen molar-refractivity contribution in [2.75, 3.05) is 12.5 Å². The Morgan fingerprint density at radius 2 is 1.34 bits per heavy atom. The Kier molecular flexibility index (Phi) is 9.84. The molecular weight excluding hydrogens is 559 g/mol. The molecule has 0 fully saturated rings. The summed E-state index contributed by atoms with van der Waals surface area (Å²) in [6.45, 7) is 3.42. The van der Waals surface area contributed by atoms with Crippen LogP contribution < -0.4 is 0 Å². The Labute approximate surface area is 248 Å². The Hall–Kier alpha value is -3.68. The molecule has 0 aliphatic carbocycles. The average molecular weight is 589 g/mol. The molecule has 0 atom stereocenters. The maximum absolute atomic E-state index is 14.5. The lowest BCUT2D eigenvalue weighted by Crippen LogP contribution is -2.29. The van der Waals surface area contributed by atoms with Crippen molar-refractivity contribution in [1.29, 1.82) is 0 Å². The first-order valence-electron chi connectivity index (χ1n) is 12.9. The fraction of sp³-hybridized carbons (Fsp3) is 0.176. The maximum Gasteiger partial charge on any atom is 0.210 e. The van der Waals surface area contributed by atoms with E-state index in [9.17, 15) is 18.4 Å². The fourth-order valence-electron chi connectivity index (χ4n) is 4.35. The molecule has 4 aromatic rings. The van der Waals surface area contributed by atoms with E-state index in [2.05, 4.69) is 0 Å². The topological polar surface area (TPSA) is 43.4 Å². The van der Waals surface area contributed by atoms with Crippen LogP contribution in [0.5, 0.6) is 0 Å². The van der Waals surface area contributed by atoms with Crippen LogP contribution in [0.15, 0.2) is 107 Å². The lowest BCUT2D eigenvalue weighted by Gasteiger charge is -2.18. The Balaban J connectivity index is 0.000000195. The molecule has 3 nitrogen and oxygen atoms in total. The Morgan fingerprint density at radius 3 is 1.90 bits per heavy atom. The normalized spacial score (nSPS) is 13.9. The molecule has 1 aliphatic rings. The summed E-state index contributed by atoms with van der Waals surface area (Å²) in [5.74, 6) is -0.830. The standard InChI is InChI=1S/C19H17FO2S.C15H13FOS/c1-19(2)18(21)16(12-7-5-4-6-8-12)17(22-19)14-10-9-13(23-3)11-15(14)20;1-18-12-7-8-13(14(16)10-12)15(17)9-11-5-3-2-4-6-11/h4-11H,1-3H3;2-8,10H,9H2,1H3. The molecule has 0 saturated carbocycles. The van der Waals surface area contributed by atoms with Gasteiger partial charge in [0.1, 0.15) is 17.4 Å². The van der Waals surface area contributed by atoms with Gasteiger partial charge in [-0.05, 0) is 73.9 Å². The van der Waals surface area contributed by atoms with Gasteiger partial charge in [0.05, 0.1) is 16.7 Å². The molecule has 0 aromatic heterocycles. The Bertz CT molecular complexity index is 1580. The number of halogens is 2. The van der Waals surface area contributed by atoms with Crippen LogP contribution in [0.1, 0.15) is 40.9 Å². The number of ether oxygens (including phenoxy) is 1. The van der Waals surface area contributed by atoms with E-state index in [1.54, 1.807) is 32.0 Å². The largest absolute Gasteiger partial charge is 0.478 e. The molecule has 41 heavy (non-hydrogen) atoms. The summed E-state index contributed by atoms with van der Waals surface area (Å²) in [4.78, 5) is 26.4. The van der Waals surface area contributed by atoms with E-state index in [1.165, 1.54) is 35.7 Å². The minimum Gasteiger partial charge on any atom is -0.478 e. The van der Waals surface area contributed by atoms with Crippen molar-refractivity contribution in [2.45, 2.75) is 35.7 Å². The van der Waals surface area contributed by atoms with Crippen LogP contribution in [-0.4, -0.2) is 29.7 Å². The van der Waals surface area contributed by atoms with Gasteiger partial charge in [-0.2, -0.15) is 0 Å². The molecule has 0 amide bonds. The van der Waals surface area contributed by atoms with Crippen LogP contribution >= 0.6 is 23.5 Å². The number of benzene rings is 4. The van der Waals surface area contributed by atoms with Crippen LogP contribution in [0.3, 0.4) is 0 Å². The summed E-state index contributed by atoms with van der Waals surface area (Å²) in [6.07, 6.45) is 4.00. The quantitative estimate of drug-likeness (QED) is 0.160. The number of ketones is 2. The van der Waals surface area contributed by atoms with E-state index in [4.69, 9.17) is 4.74 Å². The number of carbonyl (C=O) groups excluding carboxylic acids is 2. The van der Waals surface area contributed by atoms with Gasteiger partial charge in [0.15, 0.2) is 11.4 Å². The van der Waals surface area contributed by atoms with Crippen molar-refractivity contribution in [3.05, 3.63) is 131 Å². The second-order valence-corrected chi connectivity index (χ2v) is 11.5. The van der Waals surface area contributed by atoms with Gasteiger partial charge >= 0.3 is 0 Å². The van der Waals surface area contributed by atoms with Crippen LogP contribution in [-0.2, 0) is 16.0 Å². The zero-order valence-corrected chi connectivity index (χ0v) is 24.9. The van der Waals surface area contributed by atoms with Gasteiger partial charge in [0.25, 0.3) is 0 Å². The van der Waals surface area contributed by atoms with Gasteiger partial charge in [-0.1, -0.05) is 60.7 Å². The number of carbonyl (C=O) groups is 2. The van der Waals surface area contributed by atoms with Crippen LogP contribution in [0.25, 0.3) is 11.3 Å². The first-order valence-corrected chi connectivity index (χ1v) is 15.4. The van der Waals surface area contributed by atoms with Gasteiger partial charge in [-0.25, -0.2) is 8.78 Å². The molecule has 7 heteroatoms. The highest BCUT2D eigenvalue weighted by atomic mass is 32.2. The van der Waals surface area contributed by atoms with Gasteiger partial charge < -0.3 is 4.74 Å². The second-order valence-electron chi connectivity index (χ2n) is 9.79. The summed E-state index contributed by atoms with van der Waals surface area (Å²) in [5.41, 5.74) is 1.57. The monoisotopic (exact) mass is 588 g/mol. The zero-order valence-electron chi connectivity index (χ0n) is 23.2. The molecule has 0 spiro atoms. The van der Waals surface area contributed by atoms with Crippen molar-refractivity contribution >= 4 is 46.4 Å².